The van der Waals surface area contributed by atoms with E-state index in [-0.39, 0.29) is 42.3 Å². The molecule has 1 fully saturated rings. The smallest absolute Gasteiger partial charge is 0.407 e. The fourth-order valence-corrected chi connectivity index (χ4v) is 3.72. The number of ether oxygens (including phenoxy) is 3. The van der Waals surface area contributed by atoms with Gasteiger partial charge < -0.3 is 40.6 Å². The monoisotopic (exact) mass is 410 g/mol. The highest BCUT2D eigenvalue weighted by atomic mass is 16.7. The van der Waals surface area contributed by atoms with Crippen molar-refractivity contribution >= 4 is 12.0 Å². The van der Waals surface area contributed by atoms with E-state index in [0.29, 0.717) is 0 Å². The van der Waals surface area contributed by atoms with Crippen LogP contribution in [0.3, 0.4) is 0 Å². The lowest BCUT2D eigenvalue weighted by atomic mass is 9.75. The number of hydrogen-bond donors (Lipinski definition) is 5. The first-order valence-corrected chi connectivity index (χ1v) is 9.29. The van der Waals surface area contributed by atoms with Crippen molar-refractivity contribution < 1.29 is 39.1 Å². The molecule has 1 aromatic carbocycles. The van der Waals surface area contributed by atoms with Gasteiger partial charge in [-0.25, -0.2) is 4.79 Å². The zero-order valence-corrected chi connectivity index (χ0v) is 16.5. The molecule has 3 rings (SSSR count). The number of amides is 2. The molecule has 1 heterocycles. The lowest BCUT2D eigenvalue weighted by Gasteiger charge is -2.38. The van der Waals surface area contributed by atoms with Crippen LogP contribution in [0, 0.1) is 0 Å². The molecule has 0 spiro atoms. The number of alkyl carbamates (subject to hydrolysis) is 1. The molecule has 4 unspecified atom stereocenters. The molecule has 0 saturated heterocycles. The van der Waals surface area contributed by atoms with Crippen LogP contribution < -0.4 is 20.5 Å². The number of carbonyl (C=O) groups is 2. The second-order valence-corrected chi connectivity index (χ2v) is 8.25. The number of fused-ring (bicyclic) bond motifs is 1. The maximum atomic E-state index is 12.3. The molecule has 0 radical (unpaired) electrons. The van der Waals surface area contributed by atoms with Crippen molar-refractivity contribution in [1.29, 1.82) is 0 Å². The summed E-state index contributed by atoms with van der Waals surface area (Å²) in [5, 5.41) is 33.5. The van der Waals surface area contributed by atoms with E-state index in [0.717, 1.165) is 0 Å². The van der Waals surface area contributed by atoms with Gasteiger partial charge in [-0.1, -0.05) is 0 Å². The van der Waals surface area contributed by atoms with E-state index in [1.807, 2.05) is 0 Å². The van der Waals surface area contributed by atoms with Crippen LogP contribution in [0.15, 0.2) is 6.07 Å². The summed E-state index contributed by atoms with van der Waals surface area (Å²) < 4.78 is 15.8. The number of primary amides is 1. The number of aliphatic hydroxyl groups is 2. The number of benzene rings is 1. The maximum Gasteiger partial charge on any atom is 0.407 e. The molecule has 0 aromatic heterocycles. The quantitative estimate of drug-likeness (QED) is 0.487. The summed E-state index contributed by atoms with van der Waals surface area (Å²) in [6.45, 7) is 5.01. The van der Waals surface area contributed by atoms with E-state index < -0.39 is 47.5 Å². The van der Waals surface area contributed by atoms with Gasteiger partial charge in [-0.15, -0.1) is 0 Å². The number of aliphatic hydroxyl groups excluding tert-OH is 2. The minimum Gasteiger partial charge on any atom is -0.504 e. The number of hydrogen-bond acceptors (Lipinski definition) is 8. The van der Waals surface area contributed by atoms with E-state index in [4.69, 9.17) is 19.9 Å². The van der Waals surface area contributed by atoms with Crippen LogP contribution in [-0.2, 0) is 4.74 Å². The van der Waals surface area contributed by atoms with Gasteiger partial charge in [-0.3, -0.25) is 4.79 Å². The molecule has 10 heteroatoms. The molecule has 10 nitrogen and oxygen atoms in total. The Labute approximate surface area is 167 Å². The second kappa shape index (κ2) is 7.60. The normalized spacial score (nSPS) is 26.1. The zero-order chi connectivity index (χ0) is 21.5. The maximum absolute atomic E-state index is 12.3. The summed E-state index contributed by atoms with van der Waals surface area (Å²) >= 11 is 0. The van der Waals surface area contributed by atoms with Gasteiger partial charge in [0.25, 0.3) is 5.91 Å². The number of phenols is 1. The number of aromatic hydroxyl groups is 1. The number of rotatable bonds is 3. The SMILES string of the molecule is CC(C)(C)OC(=O)NC1CC(O)C(O)CC1c1cc2c(c(O)c1C(N)=O)OCO2. The van der Waals surface area contributed by atoms with Crippen molar-refractivity contribution in [2.75, 3.05) is 6.79 Å². The molecule has 2 aliphatic rings. The van der Waals surface area contributed by atoms with Gasteiger partial charge >= 0.3 is 6.09 Å². The lowest BCUT2D eigenvalue weighted by Crippen LogP contribution is -2.50. The molecule has 29 heavy (non-hydrogen) atoms. The molecule has 0 bridgehead atoms. The predicted octanol–water partition coefficient (Wildman–Crippen LogP) is 0.712. The Balaban J connectivity index is 2.00. The molecule has 1 aliphatic carbocycles. The third-order valence-electron chi connectivity index (χ3n) is 4.94. The van der Waals surface area contributed by atoms with E-state index in [2.05, 4.69) is 5.32 Å². The Morgan fingerprint density at radius 2 is 1.86 bits per heavy atom. The first-order valence-electron chi connectivity index (χ1n) is 9.29. The first-order chi connectivity index (χ1) is 13.5. The molecular weight excluding hydrogens is 384 g/mol. The molecule has 6 N–H and O–H groups in total. The van der Waals surface area contributed by atoms with Gasteiger partial charge in [0.1, 0.15) is 5.60 Å². The fourth-order valence-electron chi connectivity index (χ4n) is 3.72. The zero-order valence-electron chi connectivity index (χ0n) is 16.5. The highest BCUT2D eigenvalue weighted by Crippen LogP contribution is 2.48. The minimum atomic E-state index is -1.09. The van der Waals surface area contributed by atoms with Crippen molar-refractivity contribution in [3.8, 4) is 17.2 Å². The summed E-state index contributed by atoms with van der Waals surface area (Å²) in [6, 6.07) is 0.808. The van der Waals surface area contributed by atoms with Gasteiger partial charge in [0.05, 0.1) is 17.8 Å². The summed E-state index contributed by atoms with van der Waals surface area (Å²) in [7, 11) is 0. The minimum absolute atomic E-state index is 0.00981. The Bertz CT molecular complexity index is 819. The van der Waals surface area contributed by atoms with Gasteiger partial charge in [-0.2, -0.15) is 0 Å². The van der Waals surface area contributed by atoms with Crippen LogP contribution in [-0.4, -0.2) is 58.0 Å². The molecule has 1 aliphatic heterocycles. The van der Waals surface area contributed by atoms with E-state index in [9.17, 15) is 24.9 Å². The summed E-state index contributed by atoms with van der Waals surface area (Å²) in [5.74, 6) is -1.77. The van der Waals surface area contributed by atoms with Crippen LogP contribution in [0.2, 0.25) is 0 Å². The predicted molar refractivity (Wildman–Crippen MR) is 99.9 cm³/mol. The van der Waals surface area contributed by atoms with Crippen molar-refractivity contribution in [1.82, 2.24) is 5.32 Å². The van der Waals surface area contributed by atoms with Gasteiger partial charge in [0, 0.05) is 12.0 Å². The third-order valence-corrected chi connectivity index (χ3v) is 4.94. The van der Waals surface area contributed by atoms with E-state index in [1.165, 1.54) is 6.07 Å². The second-order valence-electron chi connectivity index (χ2n) is 8.25. The van der Waals surface area contributed by atoms with Gasteiger partial charge in [0.2, 0.25) is 12.5 Å². The van der Waals surface area contributed by atoms with Crippen molar-refractivity contribution in [3.05, 3.63) is 17.2 Å². The molecule has 4 atom stereocenters. The summed E-state index contributed by atoms with van der Waals surface area (Å²) in [4.78, 5) is 24.4. The fraction of sp³-hybridized carbons (Fsp3) is 0.579. The Hall–Kier alpha value is -2.72. The van der Waals surface area contributed by atoms with Crippen molar-refractivity contribution in [2.24, 2.45) is 5.73 Å². The van der Waals surface area contributed by atoms with Crippen molar-refractivity contribution in [2.45, 2.75) is 63.4 Å². The summed E-state index contributed by atoms with van der Waals surface area (Å²) in [6.07, 6.45) is -2.85. The topological polar surface area (TPSA) is 161 Å². The first kappa shape index (κ1) is 21.0. The molecule has 1 aromatic rings. The van der Waals surface area contributed by atoms with E-state index in [1.54, 1.807) is 20.8 Å². The lowest BCUT2D eigenvalue weighted by molar-refractivity contribution is -0.0273. The van der Waals surface area contributed by atoms with Crippen LogP contribution in [0.1, 0.15) is 55.5 Å². The van der Waals surface area contributed by atoms with Crippen LogP contribution in [0.5, 0.6) is 17.2 Å². The molecule has 160 valence electrons. The van der Waals surface area contributed by atoms with Crippen LogP contribution >= 0.6 is 0 Å². The Kier molecular flexibility index (Phi) is 5.50. The highest BCUT2D eigenvalue weighted by molar-refractivity contribution is 5.99. The van der Waals surface area contributed by atoms with Gasteiger partial charge in [-0.05, 0) is 45.2 Å². The number of nitrogens with two attached hydrogens (primary N) is 1. The van der Waals surface area contributed by atoms with Crippen LogP contribution in [0.25, 0.3) is 0 Å². The van der Waals surface area contributed by atoms with Crippen LogP contribution in [0.4, 0.5) is 4.79 Å². The Morgan fingerprint density at radius 1 is 1.21 bits per heavy atom. The number of carbonyl (C=O) groups excluding carboxylic acids is 2. The highest BCUT2D eigenvalue weighted by Gasteiger charge is 2.41. The van der Waals surface area contributed by atoms with Gasteiger partial charge in [0.15, 0.2) is 11.5 Å². The molecular formula is C19H26N2O8. The summed E-state index contributed by atoms with van der Waals surface area (Å²) in [5.41, 5.74) is 4.86. The number of nitrogens with one attached hydrogen (secondary N) is 1. The standard InChI is InChI=1S/C19H26N2O8/c1-19(2,3)29-18(26)21-10-6-12(23)11(22)4-8(10)9-5-13-16(28-7-27-13)15(24)14(9)17(20)25/h5,8,10-12,22-24H,4,6-7H2,1-3H3,(H2,20,25)(H,21,26). The van der Waals surface area contributed by atoms with E-state index >= 15 is 0 Å². The molecule has 2 amide bonds. The third kappa shape index (κ3) is 4.33. The average molecular weight is 410 g/mol. The largest absolute Gasteiger partial charge is 0.504 e. The average Bonchev–Trinajstić information content (AvgIpc) is 3.04. The Morgan fingerprint density at radius 3 is 2.48 bits per heavy atom. The molecule has 1 saturated carbocycles. The van der Waals surface area contributed by atoms with Crippen molar-refractivity contribution in [3.63, 3.8) is 0 Å².